The van der Waals surface area contributed by atoms with Gasteiger partial charge in [0.05, 0.1) is 6.10 Å². The fourth-order valence-electron chi connectivity index (χ4n) is 2.80. The van der Waals surface area contributed by atoms with Crippen molar-refractivity contribution in [3.05, 3.63) is 29.3 Å². The first-order valence-corrected chi connectivity index (χ1v) is 8.12. The molecule has 2 rings (SSSR count). The van der Waals surface area contributed by atoms with Gasteiger partial charge in [-0.15, -0.1) is 0 Å². The van der Waals surface area contributed by atoms with Crippen molar-refractivity contribution in [2.24, 2.45) is 0 Å². The first kappa shape index (κ1) is 16.8. The van der Waals surface area contributed by atoms with Crippen molar-refractivity contribution in [2.45, 2.75) is 58.7 Å². The summed E-state index contributed by atoms with van der Waals surface area (Å²) in [5.74, 6) is 1.15. The first-order valence-electron chi connectivity index (χ1n) is 8.12. The summed E-state index contributed by atoms with van der Waals surface area (Å²) in [6.07, 6.45) is 0.527. The molecule has 1 unspecified atom stereocenters. The van der Waals surface area contributed by atoms with Crippen LogP contribution in [0.1, 0.15) is 50.7 Å². The van der Waals surface area contributed by atoms with Crippen LogP contribution in [0.4, 0.5) is 0 Å². The van der Waals surface area contributed by atoms with Crippen LogP contribution in [0.5, 0.6) is 5.75 Å². The van der Waals surface area contributed by atoms with Crippen molar-refractivity contribution < 1.29 is 14.6 Å². The number of nitrogens with zero attached hydrogens (tertiary/aromatic N) is 1. The summed E-state index contributed by atoms with van der Waals surface area (Å²) in [6.45, 7) is 9.29. The molecular weight excluding hydrogens is 278 g/mol. The predicted molar refractivity (Wildman–Crippen MR) is 87.2 cm³/mol. The van der Waals surface area contributed by atoms with Gasteiger partial charge < -0.3 is 14.7 Å². The number of ether oxygens (including phenoxy) is 1. The molecule has 1 N–H and O–H groups in total. The van der Waals surface area contributed by atoms with E-state index in [4.69, 9.17) is 4.74 Å². The molecule has 0 spiro atoms. The Balaban J connectivity index is 2.06. The fourth-order valence-corrected chi connectivity index (χ4v) is 2.80. The minimum atomic E-state index is -0.505. The van der Waals surface area contributed by atoms with Crippen molar-refractivity contribution in [3.8, 4) is 5.75 Å². The zero-order chi connectivity index (χ0) is 16.3. The quantitative estimate of drug-likeness (QED) is 0.930. The molecule has 1 aromatic rings. The van der Waals surface area contributed by atoms with E-state index in [0.29, 0.717) is 31.8 Å². The number of carbonyl (C=O) groups is 1. The summed E-state index contributed by atoms with van der Waals surface area (Å²) in [4.78, 5) is 14.3. The summed E-state index contributed by atoms with van der Waals surface area (Å²) in [5.41, 5.74) is 2.25. The molecule has 22 heavy (non-hydrogen) atoms. The summed E-state index contributed by atoms with van der Waals surface area (Å²) < 4.78 is 5.98. The molecule has 1 heterocycles. The number of carbonyl (C=O) groups excluding carboxylic acids is 1. The van der Waals surface area contributed by atoms with Crippen molar-refractivity contribution in [1.29, 1.82) is 0 Å². The number of aryl methyl sites for hydroxylation is 1. The van der Waals surface area contributed by atoms with Crippen molar-refractivity contribution in [3.63, 3.8) is 0 Å². The second kappa shape index (κ2) is 7.14. The number of benzene rings is 1. The zero-order valence-electron chi connectivity index (χ0n) is 14.0. The molecular formula is C18H27NO3. The van der Waals surface area contributed by atoms with Gasteiger partial charge in [-0.05, 0) is 49.8 Å². The highest BCUT2D eigenvalue weighted by Gasteiger charge is 2.26. The first-order chi connectivity index (χ1) is 10.4. The van der Waals surface area contributed by atoms with E-state index in [2.05, 4.69) is 26.0 Å². The molecule has 1 saturated heterocycles. The molecule has 0 bridgehead atoms. The maximum Gasteiger partial charge on any atom is 0.263 e. The van der Waals surface area contributed by atoms with E-state index in [0.717, 1.165) is 16.9 Å². The topological polar surface area (TPSA) is 49.8 Å². The van der Waals surface area contributed by atoms with E-state index in [-0.39, 0.29) is 12.0 Å². The molecule has 1 aliphatic rings. The van der Waals surface area contributed by atoms with Crippen LogP contribution in [-0.4, -0.2) is 41.2 Å². The van der Waals surface area contributed by atoms with Crippen molar-refractivity contribution in [1.82, 2.24) is 4.90 Å². The maximum absolute atomic E-state index is 12.5. The second-order valence-corrected chi connectivity index (χ2v) is 6.51. The lowest BCUT2D eigenvalue weighted by molar-refractivity contribution is -0.140. The highest BCUT2D eigenvalue weighted by molar-refractivity contribution is 5.81. The minimum absolute atomic E-state index is 0.00288. The Morgan fingerprint density at radius 1 is 1.27 bits per heavy atom. The van der Waals surface area contributed by atoms with Crippen LogP contribution in [0.25, 0.3) is 0 Å². The molecule has 4 heteroatoms. The number of rotatable bonds is 4. The molecule has 0 aromatic heterocycles. The highest BCUT2D eigenvalue weighted by Crippen LogP contribution is 2.28. The number of likely N-dealkylation sites (tertiary alicyclic amines) is 1. The molecule has 4 nitrogen and oxygen atoms in total. The van der Waals surface area contributed by atoms with Gasteiger partial charge in [0.2, 0.25) is 0 Å². The number of hydrogen-bond donors (Lipinski definition) is 1. The van der Waals surface area contributed by atoms with Gasteiger partial charge in [0, 0.05) is 13.1 Å². The SMILES string of the molecule is Cc1ccc(C(C)C)c(OC(C)C(=O)N2CCC(O)CC2)c1. The molecule has 0 aliphatic carbocycles. The Bertz CT molecular complexity index is 519. The second-order valence-electron chi connectivity index (χ2n) is 6.51. The Kier molecular flexibility index (Phi) is 5.46. The van der Waals surface area contributed by atoms with E-state index < -0.39 is 6.10 Å². The smallest absolute Gasteiger partial charge is 0.263 e. The average Bonchev–Trinajstić information content (AvgIpc) is 2.47. The number of piperidine rings is 1. The van der Waals surface area contributed by atoms with Crippen LogP contribution in [0, 0.1) is 6.92 Å². The molecule has 1 amide bonds. The Hall–Kier alpha value is -1.55. The van der Waals surface area contributed by atoms with Gasteiger partial charge in [0.15, 0.2) is 6.10 Å². The largest absolute Gasteiger partial charge is 0.481 e. The average molecular weight is 305 g/mol. The molecule has 122 valence electrons. The normalized spacial score (nSPS) is 17.6. The van der Waals surface area contributed by atoms with Gasteiger partial charge in [0.1, 0.15) is 5.75 Å². The van der Waals surface area contributed by atoms with E-state index in [1.165, 1.54) is 0 Å². The van der Waals surface area contributed by atoms with E-state index in [1.54, 1.807) is 11.8 Å². The highest BCUT2D eigenvalue weighted by atomic mass is 16.5. The van der Waals surface area contributed by atoms with Crippen molar-refractivity contribution in [2.75, 3.05) is 13.1 Å². The standard InChI is InChI=1S/C18H27NO3/c1-12(2)16-6-5-13(3)11-17(16)22-14(4)18(21)19-9-7-15(20)8-10-19/h5-6,11-12,14-15,20H,7-10H2,1-4H3. The molecule has 0 saturated carbocycles. The van der Waals surface area contributed by atoms with E-state index in [1.807, 2.05) is 13.0 Å². The summed E-state index contributed by atoms with van der Waals surface area (Å²) >= 11 is 0. The monoisotopic (exact) mass is 305 g/mol. The Morgan fingerprint density at radius 3 is 2.50 bits per heavy atom. The van der Waals surface area contributed by atoms with Gasteiger partial charge in [-0.1, -0.05) is 26.0 Å². The van der Waals surface area contributed by atoms with Crippen LogP contribution < -0.4 is 4.74 Å². The molecule has 1 aromatic carbocycles. The third kappa shape index (κ3) is 4.01. The molecule has 0 radical (unpaired) electrons. The number of aliphatic hydroxyl groups is 1. The van der Waals surface area contributed by atoms with E-state index >= 15 is 0 Å². The number of hydrogen-bond acceptors (Lipinski definition) is 3. The minimum Gasteiger partial charge on any atom is -0.481 e. The lowest BCUT2D eigenvalue weighted by atomic mass is 10.0. The maximum atomic E-state index is 12.5. The lowest BCUT2D eigenvalue weighted by Crippen LogP contribution is -2.45. The van der Waals surface area contributed by atoms with Gasteiger partial charge in [0.25, 0.3) is 5.91 Å². The Labute approximate surface area is 133 Å². The van der Waals surface area contributed by atoms with Gasteiger partial charge in [-0.25, -0.2) is 0 Å². The molecule has 1 aliphatic heterocycles. The molecule has 1 atom stereocenters. The lowest BCUT2D eigenvalue weighted by Gasteiger charge is -2.31. The van der Waals surface area contributed by atoms with Crippen LogP contribution in [-0.2, 0) is 4.79 Å². The zero-order valence-corrected chi connectivity index (χ0v) is 14.0. The fraction of sp³-hybridized carbons (Fsp3) is 0.611. The number of amides is 1. The third-order valence-electron chi connectivity index (χ3n) is 4.22. The van der Waals surface area contributed by atoms with Gasteiger partial charge in [-0.2, -0.15) is 0 Å². The predicted octanol–water partition coefficient (Wildman–Crippen LogP) is 2.87. The Morgan fingerprint density at radius 2 is 1.91 bits per heavy atom. The third-order valence-corrected chi connectivity index (χ3v) is 4.22. The summed E-state index contributed by atoms with van der Waals surface area (Å²) in [5, 5.41) is 9.54. The number of aliphatic hydroxyl groups excluding tert-OH is 1. The van der Waals surface area contributed by atoms with Crippen LogP contribution in [0.15, 0.2) is 18.2 Å². The van der Waals surface area contributed by atoms with Crippen LogP contribution in [0.3, 0.4) is 0 Å². The van der Waals surface area contributed by atoms with Gasteiger partial charge in [-0.3, -0.25) is 4.79 Å². The van der Waals surface area contributed by atoms with Crippen molar-refractivity contribution >= 4 is 5.91 Å². The van der Waals surface area contributed by atoms with Crippen LogP contribution >= 0.6 is 0 Å². The summed E-state index contributed by atoms with van der Waals surface area (Å²) in [7, 11) is 0. The van der Waals surface area contributed by atoms with Gasteiger partial charge >= 0.3 is 0 Å². The summed E-state index contributed by atoms with van der Waals surface area (Å²) in [6, 6.07) is 6.14. The molecule has 1 fully saturated rings. The van der Waals surface area contributed by atoms with Crippen LogP contribution in [0.2, 0.25) is 0 Å². The van der Waals surface area contributed by atoms with E-state index in [9.17, 15) is 9.90 Å².